The maximum Gasteiger partial charge on any atom is 0.418 e. The number of nitrogens with zero attached hydrogens (tertiary/aromatic N) is 3. The molecule has 2 heterocycles. The number of hydrogen-bond acceptors (Lipinski definition) is 4. The number of aromatic amines is 1. The molecule has 3 fully saturated rings. The van der Waals surface area contributed by atoms with Gasteiger partial charge < -0.3 is 15.0 Å². The van der Waals surface area contributed by atoms with Crippen molar-refractivity contribution in [3.8, 4) is 0 Å². The third-order valence-corrected chi connectivity index (χ3v) is 6.75. The number of carbonyl (C=O) groups is 1. The Kier molecular flexibility index (Phi) is 4.77. The van der Waals surface area contributed by atoms with E-state index < -0.39 is 11.7 Å². The average Bonchev–Trinajstić information content (AvgIpc) is 3.44. The number of alkyl halides is 3. The Bertz CT molecular complexity index is 955. The normalized spacial score (nSPS) is 25.5. The SMILES string of the molecule is O=C(c1nc2c(C(F)(F)F)cc(C3CC3)cc2[nH]1)N1CCN(C2CC(CO)C2)CC1. The standard InChI is InChI=1S/C21H25F3N4O2/c22-21(23,24)16-9-14(13-1-2-13)10-17-18(16)26-19(25-17)20(30)28-5-3-27(4-6-28)15-7-12(8-15)11-29/h9-10,12-13,15,29H,1-8,11H2,(H,25,26). The fraction of sp³-hybridized carbons (Fsp3) is 0.619. The van der Waals surface area contributed by atoms with Gasteiger partial charge in [0.25, 0.3) is 5.91 Å². The smallest absolute Gasteiger partial charge is 0.396 e. The number of rotatable bonds is 4. The molecule has 3 aliphatic rings. The number of aromatic nitrogens is 2. The summed E-state index contributed by atoms with van der Waals surface area (Å²) in [5.74, 6) is 0.172. The maximum atomic E-state index is 13.6. The van der Waals surface area contributed by atoms with E-state index in [-0.39, 0.29) is 35.3 Å². The zero-order chi connectivity index (χ0) is 21.0. The number of imidazole rings is 1. The minimum absolute atomic E-state index is 0.0270. The van der Waals surface area contributed by atoms with Crippen LogP contribution in [0, 0.1) is 5.92 Å². The molecule has 2 N–H and O–H groups in total. The third-order valence-electron chi connectivity index (χ3n) is 6.75. The highest BCUT2D eigenvalue weighted by atomic mass is 19.4. The number of H-pyrrole nitrogens is 1. The zero-order valence-corrected chi connectivity index (χ0v) is 16.6. The summed E-state index contributed by atoms with van der Waals surface area (Å²) in [4.78, 5) is 23.8. The topological polar surface area (TPSA) is 72.5 Å². The number of hydrogen-bond donors (Lipinski definition) is 2. The Balaban J connectivity index is 1.33. The van der Waals surface area contributed by atoms with Crippen LogP contribution in [-0.4, -0.2) is 69.6 Å². The van der Waals surface area contributed by atoms with Gasteiger partial charge in [-0.15, -0.1) is 0 Å². The van der Waals surface area contributed by atoms with Crippen molar-refractivity contribution in [3.05, 3.63) is 29.1 Å². The average molecular weight is 422 g/mol. The summed E-state index contributed by atoms with van der Waals surface area (Å²) in [5.41, 5.74) is -0.0187. The van der Waals surface area contributed by atoms with Gasteiger partial charge in [-0.25, -0.2) is 4.98 Å². The van der Waals surface area contributed by atoms with Gasteiger partial charge in [-0.1, -0.05) is 0 Å². The van der Waals surface area contributed by atoms with E-state index >= 15 is 0 Å². The Labute approximate surface area is 172 Å². The van der Waals surface area contributed by atoms with Gasteiger partial charge >= 0.3 is 6.18 Å². The van der Waals surface area contributed by atoms with Crippen molar-refractivity contribution in [2.24, 2.45) is 5.92 Å². The molecule has 5 rings (SSSR count). The van der Waals surface area contributed by atoms with Gasteiger partial charge in [-0.2, -0.15) is 13.2 Å². The summed E-state index contributed by atoms with van der Waals surface area (Å²) < 4.78 is 40.8. The molecule has 162 valence electrons. The third kappa shape index (κ3) is 3.58. The predicted molar refractivity (Wildman–Crippen MR) is 104 cm³/mol. The molecule has 2 aliphatic carbocycles. The van der Waals surface area contributed by atoms with Gasteiger partial charge in [0, 0.05) is 38.8 Å². The number of benzene rings is 1. The van der Waals surface area contributed by atoms with Gasteiger partial charge in [0.1, 0.15) is 5.52 Å². The minimum Gasteiger partial charge on any atom is -0.396 e. The van der Waals surface area contributed by atoms with E-state index in [9.17, 15) is 23.1 Å². The van der Waals surface area contributed by atoms with Crippen molar-refractivity contribution < 1.29 is 23.1 Å². The van der Waals surface area contributed by atoms with E-state index in [1.165, 1.54) is 6.07 Å². The number of aliphatic hydroxyl groups excluding tert-OH is 1. The van der Waals surface area contributed by atoms with Crippen molar-refractivity contribution in [2.45, 2.75) is 43.8 Å². The molecule has 9 heteroatoms. The second kappa shape index (κ2) is 7.23. The van der Waals surface area contributed by atoms with Crippen molar-refractivity contribution in [1.82, 2.24) is 19.8 Å². The monoisotopic (exact) mass is 422 g/mol. The van der Waals surface area contributed by atoms with Crippen molar-refractivity contribution in [3.63, 3.8) is 0 Å². The number of carbonyl (C=O) groups excluding carboxylic acids is 1. The Morgan fingerprint density at radius 1 is 1.17 bits per heavy atom. The maximum absolute atomic E-state index is 13.6. The second-order valence-corrected chi connectivity index (χ2v) is 8.82. The first-order valence-electron chi connectivity index (χ1n) is 10.6. The number of halogens is 3. The lowest BCUT2D eigenvalue weighted by molar-refractivity contribution is -0.136. The highest BCUT2D eigenvalue weighted by Gasteiger charge is 2.38. The fourth-order valence-electron chi connectivity index (χ4n) is 4.70. The lowest BCUT2D eigenvalue weighted by Gasteiger charge is -2.45. The molecule has 0 unspecified atom stereocenters. The molecule has 1 saturated heterocycles. The van der Waals surface area contributed by atoms with Crippen LogP contribution in [0.1, 0.15) is 53.3 Å². The molecule has 1 aromatic heterocycles. The summed E-state index contributed by atoms with van der Waals surface area (Å²) >= 11 is 0. The first-order valence-corrected chi connectivity index (χ1v) is 10.6. The molecule has 6 nitrogen and oxygen atoms in total. The number of nitrogens with one attached hydrogen (secondary N) is 1. The van der Waals surface area contributed by atoms with E-state index in [2.05, 4.69) is 14.9 Å². The zero-order valence-electron chi connectivity index (χ0n) is 16.6. The first-order chi connectivity index (χ1) is 14.3. The van der Waals surface area contributed by atoms with E-state index in [1.807, 2.05) is 0 Å². The Morgan fingerprint density at radius 3 is 2.47 bits per heavy atom. The van der Waals surface area contributed by atoms with Crippen LogP contribution < -0.4 is 0 Å². The Morgan fingerprint density at radius 2 is 1.87 bits per heavy atom. The quantitative estimate of drug-likeness (QED) is 0.795. The van der Waals surface area contributed by atoms with Gasteiger partial charge in [0.15, 0.2) is 5.82 Å². The van der Waals surface area contributed by atoms with Crippen molar-refractivity contribution in [2.75, 3.05) is 32.8 Å². The van der Waals surface area contributed by atoms with Crippen LogP contribution in [0.15, 0.2) is 12.1 Å². The number of amides is 1. The van der Waals surface area contributed by atoms with Gasteiger partial charge in [0.2, 0.25) is 0 Å². The van der Waals surface area contributed by atoms with E-state index in [1.54, 1.807) is 11.0 Å². The molecule has 2 saturated carbocycles. The molecule has 0 atom stereocenters. The molecule has 1 aliphatic heterocycles. The molecule has 0 bridgehead atoms. The fourth-order valence-corrected chi connectivity index (χ4v) is 4.70. The lowest BCUT2D eigenvalue weighted by Crippen LogP contribution is -2.55. The summed E-state index contributed by atoms with van der Waals surface area (Å²) in [7, 11) is 0. The summed E-state index contributed by atoms with van der Waals surface area (Å²) in [5, 5.41) is 9.17. The van der Waals surface area contributed by atoms with Crippen molar-refractivity contribution in [1.29, 1.82) is 0 Å². The van der Waals surface area contributed by atoms with E-state index in [0.717, 1.165) is 38.8 Å². The highest BCUT2D eigenvalue weighted by Crippen LogP contribution is 2.44. The van der Waals surface area contributed by atoms with E-state index in [0.29, 0.717) is 30.6 Å². The number of piperazine rings is 1. The lowest BCUT2D eigenvalue weighted by atomic mass is 9.79. The molecular formula is C21H25F3N4O2. The molecular weight excluding hydrogens is 397 g/mol. The van der Waals surface area contributed by atoms with Crippen LogP contribution in [0.2, 0.25) is 0 Å². The summed E-state index contributed by atoms with van der Waals surface area (Å²) in [6.45, 7) is 2.73. The van der Waals surface area contributed by atoms with E-state index in [4.69, 9.17) is 0 Å². The van der Waals surface area contributed by atoms with Gasteiger partial charge in [-0.05, 0) is 55.2 Å². The molecule has 2 aromatic rings. The largest absolute Gasteiger partial charge is 0.418 e. The molecule has 1 amide bonds. The van der Waals surface area contributed by atoms with Gasteiger partial charge in [-0.3, -0.25) is 9.69 Å². The van der Waals surface area contributed by atoms with Crippen molar-refractivity contribution >= 4 is 16.9 Å². The van der Waals surface area contributed by atoms with Crippen LogP contribution in [0.25, 0.3) is 11.0 Å². The summed E-state index contributed by atoms with van der Waals surface area (Å²) in [6.07, 6.45) is -0.755. The van der Waals surface area contributed by atoms with Crippen LogP contribution in [0.5, 0.6) is 0 Å². The summed E-state index contributed by atoms with van der Waals surface area (Å²) in [6, 6.07) is 3.35. The number of aliphatic hydroxyl groups is 1. The minimum atomic E-state index is -4.51. The molecule has 0 spiro atoms. The molecule has 0 radical (unpaired) electrons. The number of fused-ring (bicyclic) bond motifs is 1. The van der Waals surface area contributed by atoms with Crippen LogP contribution in [0.3, 0.4) is 0 Å². The first kappa shape index (κ1) is 19.8. The second-order valence-electron chi connectivity index (χ2n) is 8.82. The molecule has 30 heavy (non-hydrogen) atoms. The van der Waals surface area contributed by atoms with Crippen LogP contribution in [-0.2, 0) is 6.18 Å². The van der Waals surface area contributed by atoms with Gasteiger partial charge in [0.05, 0.1) is 11.1 Å². The van der Waals surface area contributed by atoms with Crippen LogP contribution in [0.4, 0.5) is 13.2 Å². The molecule has 1 aromatic carbocycles. The predicted octanol–water partition coefficient (Wildman–Crippen LogP) is 2.99. The highest BCUT2D eigenvalue weighted by molar-refractivity contribution is 5.95. The van der Waals surface area contributed by atoms with Crippen LogP contribution >= 0.6 is 0 Å². The Hall–Kier alpha value is -2.13.